The van der Waals surface area contributed by atoms with Gasteiger partial charge in [0, 0.05) is 11.6 Å². The minimum absolute atomic E-state index is 0.0138. The van der Waals surface area contributed by atoms with Crippen molar-refractivity contribution in [2.24, 2.45) is 0 Å². The normalized spacial score (nSPS) is 10.9. The molecule has 0 aliphatic carbocycles. The average Bonchev–Trinajstić information content (AvgIpc) is 2.68. The van der Waals surface area contributed by atoms with Gasteiger partial charge in [0.2, 0.25) is 0 Å². The molecule has 0 saturated carbocycles. The van der Waals surface area contributed by atoms with Crippen LogP contribution in [-0.4, -0.2) is 25.5 Å². The number of methoxy groups -OCH3 is 1. The zero-order valence-electron chi connectivity index (χ0n) is 14.3. The van der Waals surface area contributed by atoms with E-state index in [-0.39, 0.29) is 22.8 Å². The molecule has 3 aromatic rings. The van der Waals surface area contributed by atoms with E-state index in [1.807, 2.05) is 0 Å². The van der Waals surface area contributed by atoms with Crippen molar-refractivity contribution >= 4 is 15.7 Å². The second kappa shape index (κ2) is 7.58. The molecule has 142 valence electrons. The van der Waals surface area contributed by atoms with Gasteiger partial charge in [-0.15, -0.1) is 0 Å². The van der Waals surface area contributed by atoms with Gasteiger partial charge in [-0.25, -0.2) is 27.2 Å². The molecule has 0 aliphatic rings. The van der Waals surface area contributed by atoms with Crippen molar-refractivity contribution in [3.05, 3.63) is 66.0 Å². The maximum atomic E-state index is 13.9. The molecule has 2 aromatic carbocycles. The standard InChI is InChI=1S/C18H12F2N4O3S/c1-27-14-4-5-15(19)17(7-14)28(25,26)24-13-9-22-18(23-10-13)11-2-3-12(8-21)16(20)6-11/h2-7,9-10,24H,1H3. The summed E-state index contributed by atoms with van der Waals surface area (Å²) in [6, 6.07) is 8.88. The Balaban J connectivity index is 1.86. The number of nitrogens with one attached hydrogen (secondary N) is 1. The summed E-state index contributed by atoms with van der Waals surface area (Å²) in [7, 11) is -2.92. The van der Waals surface area contributed by atoms with Gasteiger partial charge in [-0.05, 0) is 30.3 Å². The van der Waals surface area contributed by atoms with Gasteiger partial charge in [0.15, 0.2) is 5.82 Å². The summed E-state index contributed by atoms with van der Waals surface area (Å²) >= 11 is 0. The Labute approximate surface area is 159 Å². The van der Waals surface area contributed by atoms with Crippen LogP contribution in [0.1, 0.15) is 5.56 Å². The molecular formula is C18H12F2N4O3S. The van der Waals surface area contributed by atoms with E-state index in [1.54, 1.807) is 6.07 Å². The summed E-state index contributed by atoms with van der Waals surface area (Å²) < 4.78 is 59.6. The van der Waals surface area contributed by atoms with Gasteiger partial charge in [0.05, 0.1) is 30.8 Å². The van der Waals surface area contributed by atoms with Crippen LogP contribution in [0.5, 0.6) is 5.75 Å². The van der Waals surface area contributed by atoms with Crippen LogP contribution in [0.3, 0.4) is 0 Å². The van der Waals surface area contributed by atoms with Crippen molar-refractivity contribution in [1.29, 1.82) is 5.26 Å². The zero-order chi connectivity index (χ0) is 20.3. The maximum Gasteiger partial charge on any atom is 0.265 e. The highest BCUT2D eigenvalue weighted by atomic mass is 32.2. The quantitative estimate of drug-likeness (QED) is 0.703. The van der Waals surface area contributed by atoms with Crippen molar-refractivity contribution in [1.82, 2.24) is 9.97 Å². The largest absolute Gasteiger partial charge is 0.497 e. The van der Waals surface area contributed by atoms with E-state index in [0.717, 1.165) is 30.6 Å². The molecule has 0 radical (unpaired) electrons. The topological polar surface area (TPSA) is 105 Å². The third-order valence-electron chi connectivity index (χ3n) is 3.68. The Morgan fingerprint density at radius 3 is 2.39 bits per heavy atom. The first-order valence-corrected chi connectivity index (χ1v) is 9.21. The summed E-state index contributed by atoms with van der Waals surface area (Å²) in [5.74, 6) is -1.36. The SMILES string of the molecule is COc1ccc(F)c(S(=O)(=O)Nc2cnc(-c3ccc(C#N)c(F)c3)nc2)c1. The lowest BCUT2D eigenvalue weighted by atomic mass is 10.1. The fourth-order valence-corrected chi connectivity index (χ4v) is 3.42. The van der Waals surface area contributed by atoms with Crippen molar-refractivity contribution < 1.29 is 21.9 Å². The van der Waals surface area contributed by atoms with Gasteiger partial charge in [-0.1, -0.05) is 0 Å². The van der Waals surface area contributed by atoms with E-state index < -0.39 is 26.6 Å². The molecule has 28 heavy (non-hydrogen) atoms. The minimum Gasteiger partial charge on any atom is -0.497 e. The molecule has 0 spiro atoms. The van der Waals surface area contributed by atoms with Crippen LogP contribution in [0.2, 0.25) is 0 Å². The molecule has 0 unspecified atom stereocenters. The van der Waals surface area contributed by atoms with Crippen LogP contribution in [0.4, 0.5) is 14.5 Å². The predicted molar refractivity (Wildman–Crippen MR) is 95.9 cm³/mol. The number of sulfonamides is 1. The van der Waals surface area contributed by atoms with Gasteiger partial charge in [0.1, 0.15) is 28.3 Å². The molecular weight excluding hydrogens is 390 g/mol. The number of rotatable bonds is 5. The van der Waals surface area contributed by atoms with Crippen LogP contribution >= 0.6 is 0 Å². The molecule has 1 heterocycles. The van der Waals surface area contributed by atoms with E-state index in [9.17, 15) is 17.2 Å². The number of hydrogen-bond donors (Lipinski definition) is 1. The Morgan fingerprint density at radius 1 is 1.07 bits per heavy atom. The first-order valence-electron chi connectivity index (χ1n) is 7.72. The molecule has 0 atom stereocenters. The first kappa shape index (κ1) is 19.2. The second-order valence-corrected chi connectivity index (χ2v) is 7.15. The lowest BCUT2D eigenvalue weighted by Crippen LogP contribution is -2.15. The van der Waals surface area contributed by atoms with E-state index >= 15 is 0 Å². The number of halogens is 2. The van der Waals surface area contributed by atoms with Gasteiger partial charge in [-0.3, -0.25) is 4.72 Å². The van der Waals surface area contributed by atoms with E-state index in [2.05, 4.69) is 14.7 Å². The molecule has 0 bridgehead atoms. The van der Waals surface area contributed by atoms with Crippen molar-refractivity contribution in [2.45, 2.75) is 4.90 Å². The summed E-state index contributed by atoms with van der Waals surface area (Å²) in [4.78, 5) is 7.35. The first-order chi connectivity index (χ1) is 13.3. The minimum atomic E-state index is -4.25. The van der Waals surface area contributed by atoms with Crippen LogP contribution in [0, 0.1) is 23.0 Å². The summed E-state index contributed by atoms with van der Waals surface area (Å²) in [6.07, 6.45) is 2.32. The highest BCUT2D eigenvalue weighted by Gasteiger charge is 2.20. The molecule has 0 aliphatic heterocycles. The number of hydrogen-bond acceptors (Lipinski definition) is 6. The van der Waals surface area contributed by atoms with Gasteiger partial charge >= 0.3 is 0 Å². The molecule has 0 amide bonds. The summed E-state index contributed by atoms with van der Waals surface area (Å²) in [5.41, 5.74) is 0.179. The number of nitrogens with zero attached hydrogens (tertiary/aromatic N) is 3. The number of ether oxygens (including phenoxy) is 1. The Morgan fingerprint density at radius 2 is 1.79 bits per heavy atom. The van der Waals surface area contributed by atoms with Gasteiger partial charge in [0.25, 0.3) is 10.0 Å². The third kappa shape index (κ3) is 3.89. The fraction of sp³-hybridized carbons (Fsp3) is 0.0556. The molecule has 0 saturated heterocycles. The Kier molecular flexibility index (Phi) is 5.19. The third-order valence-corrected chi connectivity index (χ3v) is 5.08. The highest BCUT2D eigenvalue weighted by Crippen LogP contribution is 2.24. The van der Waals surface area contributed by atoms with Crippen LogP contribution < -0.4 is 9.46 Å². The lowest BCUT2D eigenvalue weighted by molar-refractivity contribution is 0.411. The summed E-state index contributed by atoms with van der Waals surface area (Å²) in [5, 5.41) is 8.75. The van der Waals surface area contributed by atoms with Gasteiger partial charge in [-0.2, -0.15) is 5.26 Å². The van der Waals surface area contributed by atoms with Crippen LogP contribution in [0.15, 0.2) is 53.7 Å². The summed E-state index contributed by atoms with van der Waals surface area (Å²) in [6.45, 7) is 0. The number of aromatic nitrogens is 2. The second-order valence-electron chi connectivity index (χ2n) is 5.50. The lowest BCUT2D eigenvalue weighted by Gasteiger charge is -2.10. The molecule has 10 heteroatoms. The molecule has 1 N–H and O–H groups in total. The smallest absolute Gasteiger partial charge is 0.265 e. The van der Waals surface area contributed by atoms with Crippen LogP contribution in [0.25, 0.3) is 11.4 Å². The molecule has 0 fully saturated rings. The van der Waals surface area contributed by atoms with Crippen molar-refractivity contribution in [3.8, 4) is 23.2 Å². The average molecular weight is 402 g/mol. The van der Waals surface area contributed by atoms with Gasteiger partial charge < -0.3 is 4.74 Å². The highest BCUT2D eigenvalue weighted by molar-refractivity contribution is 7.92. The molecule has 3 rings (SSSR count). The van der Waals surface area contributed by atoms with E-state index in [0.29, 0.717) is 5.56 Å². The predicted octanol–water partition coefficient (Wildman–Crippen LogP) is 3.10. The number of anilines is 1. The van der Waals surface area contributed by atoms with Crippen LogP contribution in [-0.2, 0) is 10.0 Å². The van der Waals surface area contributed by atoms with E-state index in [1.165, 1.54) is 25.3 Å². The van der Waals surface area contributed by atoms with Crippen molar-refractivity contribution in [2.75, 3.05) is 11.8 Å². The monoisotopic (exact) mass is 402 g/mol. The Hall–Kier alpha value is -3.58. The van der Waals surface area contributed by atoms with Crippen molar-refractivity contribution in [3.63, 3.8) is 0 Å². The number of nitriles is 1. The maximum absolute atomic E-state index is 13.9. The number of benzene rings is 2. The molecule has 7 nitrogen and oxygen atoms in total. The zero-order valence-corrected chi connectivity index (χ0v) is 15.2. The van der Waals surface area contributed by atoms with E-state index in [4.69, 9.17) is 10.00 Å². The Bertz CT molecular complexity index is 1180. The molecule has 1 aromatic heterocycles. The fourth-order valence-electron chi connectivity index (χ4n) is 2.30.